The molecule has 0 bridgehead atoms. The lowest BCUT2D eigenvalue weighted by Gasteiger charge is -2.19. The van der Waals surface area contributed by atoms with Crippen LogP contribution in [0.1, 0.15) is 31.9 Å². The molecule has 9 nitrogen and oxygen atoms in total. The van der Waals surface area contributed by atoms with Crippen molar-refractivity contribution in [3.8, 4) is 23.0 Å². The second kappa shape index (κ2) is 12.5. The summed E-state index contributed by atoms with van der Waals surface area (Å²) >= 11 is 1.48. The van der Waals surface area contributed by atoms with Crippen LogP contribution in [0.15, 0.2) is 77.0 Å². The Hall–Kier alpha value is -3.91. The van der Waals surface area contributed by atoms with Crippen molar-refractivity contribution in [3.05, 3.63) is 78.4 Å². The van der Waals surface area contributed by atoms with Crippen molar-refractivity contribution in [2.24, 2.45) is 0 Å². The molecule has 2 heterocycles. The zero-order valence-electron chi connectivity index (χ0n) is 23.1. The average Bonchev–Trinajstić information content (AvgIpc) is 2.95. The van der Waals surface area contributed by atoms with Crippen molar-refractivity contribution in [1.82, 2.24) is 19.9 Å². The van der Waals surface area contributed by atoms with Crippen LogP contribution in [0.25, 0.3) is 11.1 Å². The minimum Gasteiger partial charge on any atom is -0.473 e. The molecule has 0 spiro atoms. The Bertz CT molecular complexity index is 1610. The molecule has 0 saturated carbocycles. The molecule has 0 aliphatic carbocycles. The van der Waals surface area contributed by atoms with E-state index in [9.17, 15) is 21.6 Å². The number of rotatable bonds is 10. The number of benzene rings is 2. The number of thioether (sulfide) groups is 1. The molecule has 1 N–H and O–H groups in total. The van der Waals surface area contributed by atoms with Gasteiger partial charge in [-0.1, -0.05) is 45.0 Å². The number of anilines is 1. The summed E-state index contributed by atoms with van der Waals surface area (Å²) in [5.74, 6) is -0.232. The molecule has 0 saturated heterocycles. The molecule has 2 aromatic carbocycles. The van der Waals surface area contributed by atoms with Crippen LogP contribution in [0, 0.1) is 0 Å². The predicted molar refractivity (Wildman–Crippen MR) is 153 cm³/mol. The fourth-order valence-electron chi connectivity index (χ4n) is 3.72. The standard InChI is InChI=1S/C28H28F3N5O4S2/c1-27(2,3)19-9-11-22(12-10-19)42(37,38)36-24-23(18-5-7-20(8-6-18)28(29,30)31)25(35-17-34-24)39-13-14-40-26-32-15-21(41-4)16-33-26/h5-12,15-17H,13-14H2,1-4H3,(H,34,35,36). The molecule has 0 atom stereocenters. The normalized spacial score (nSPS) is 12.2. The van der Waals surface area contributed by atoms with Crippen LogP contribution in [0.4, 0.5) is 19.0 Å². The fourth-order valence-corrected chi connectivity index (χ4v) is 5.06. The lowest BCUT2D eigenvalue weighted by Crippen LogP contribution is -2.17. The second-order valence-corrected chi connectivity index (χ2v) is 12.5. The molecule has 222 valence electrons. The third-order valence-electron chi connectivity index (χ3n) is 5.97. The summed E-state index contributed by atoms with van der Waals surface area (Å²) in [6.07, 6.45) is 1.64. The van der Waals surface area contributed by atoms with E-state index >= 15 is 0 Å². The number of nitrogens with one attached hydrogen (secondary N) is 1. The maximum absolute atomic E-state index is 13.3. The number of ether oxygens (including phenoxy) is 2. The summed E-state index contributed by atoms with van der Waals surface area (Å²) in [7, 11) is -4.14. The first-order valence-electron chi connectivity index (χ1n) is 12.6. The maximum Gasteiger partial charge on any atom is 0.416 e. The topological polar surface area (TPSA) is 116 Å². The summed E-state index contributed by atoms with van der Waals surface area (Å²) in [5.41, 5.74) is 0.154. The molecule has 0 fully saturated rings. The molecule has 0 aliphatic rings. The summed E-state index contributed by atoms with van der Waals surface area (Å²) in [6, 6.07) is 10.7. The Morgan fingerprint density at radius 2 is 1.43 bits per heavy atom. The van der Waals surface area contributed by atoms with E-state index in [2.05, 4.69) is 24.7 Å². The SMILES string of the molecule is CSc1cnc(OCCOc2ncnc(NS(=O)(=O)c3ccc(C(C)(C)C)cc3)c2-c2ccc(C(F)(F)F)cc2)nc1. The van der Waals surface area contributed by atoms with Crippen molar-refractivity contribution >= 4 is 27.6 Å². The molecule has 0 amide bonds. The van der Waals surface area contributed by atoms with Gasteiger partial charge in [0.05, 0.1) is 16.0 Å². The summed E-state index contributed by atoms with van der Waals surface area (Å²) in [6.45, 7) is 5.97. The van der Waals surface area contributed by atoms with Gasteiger partial charge >= 0.3 is 12.2 Å². The van der Waals surface area contributed by atoms with Gasteiger partial charge < -0.3 is 9.47 Å². The first kappa shape index (κ1) is 31.0. The number of sulfonamides is 1. The third kappa shape index (κ3) is 7.68. The van der Waals surface area contributed by atoms with Gasteiger partial charge in [-0.05, 0) is 47.1 Å². The highest BCUT2D eigenvalue weighted by Gasteiger charge is 2.30. The largest absolute Gasteiger partial charge is 0.473 e. The number of hydrogen-bond acceptors (Lipinski definition) is 9. The number of alkyl halides is 3. The van der Waals surface area contributed by atoms with Gasteiger partial charge in [0.15, 0.2) is 5.82 Å². The van der Waals surface area contributed by atoms with E-state index in [0.29, 0.717) is 0 Å². The second-order valence-electron chi connectivity index (χ2n) is 9.96. The summed E-state index contributed by atoms with van der Waals surface area (Å²) in [5, 5.41) is 0. The minimum atomic E-state index is -4.55. The van der Waals surface area contributed by atoms with Crippen molar-refractivity contribution in [1.29, 1.82) is 0 Å². The van der Waals surface area contributed by atoms with E-state index in [1.54, 1.807) is 24.5 Å². The van der Waals surface area contributed by atoms with E-state index in [0.717, 1.165) is 28.9 Å². The molecule has 42 heavy (non-hydrogen) atoms. The molecule has 14 heteroatoms. The lowest BCUT2D eigenvalue weighted by atomic mass is 9.87. The predicted octanol–water partition coefficient (Wildman–Crippen LogP) is 6.23. The molecule has 0 aliphatic heterocycles. The van der Waals surface area contributed by atoms with E-state index in [4.69, 9.17) is 9.47 Å². The molecular formula is C28H28F3N5O4S2. The quantitative estimate of drug-likeness (QED) is 0.163. The first-order valence-corrected chi connectivity index (χ1v) is 15.3. The van der Waals surface area contributed by atoms with Crippen LogP contribution < -0.4 is 14.2 Å². The third-order valence-corrected chi connectivity index (χ3v) is 8.01. The van der Waals surface area contributed by atoms with Crippen molar-refractivity contribution in [3.63, 3.8) is 0 Å². The van der Waals surface area contributed by atoms with Crippen LogP contribution in [0.3, 0.4) is 0 Å². The Labute approximate surface area is 246 Å². The first-order chi connectivity index (χ1) is 19.8. The van der Waals surface area contributed by atoms with E-state index in [1.165, 1.54) is 36.0 Å². The van der Waals surface area contributed by atoms with Crippen molar-refractivity contribution in [2.75, 3.05) is 24.2 Å². The minimum absolute atomic E-state index is 0.0102. The van der Waals surface area contributed by atoms with Crippen LogP contribution in [-0.2, 0) is 21.6 Å². The highest BCUT2D eigenvalue weighted by Crippen LogP contribution is 2.37. The number of aromatic nitrogens is 4. The number of nitrogens with zero attached hydrogens (tertiary/aromatic N) is 4. The van der Waals surface area contributed by atoms with Gasteiger partial charge in [0.1, 0.15) is 19.5 Å². The molecule has 2 aromatic heterocycles. The maximum atomic E-state index is 13.3. The van der Waals surface area contributed by atoms with Crippen LogP contribution in [0.2, 0.25) is 0 Å². The average molecular weight is 620 g/mol. The van der Waals surface area contributed by atoms with Gasteiger partial charge in [0, 0.05) is 17.3 Å². The molecule has 0 radical (unpaired) electrons. The van der Waals surface area contributed by atoms with Crippen LogP contribution in [0.5, 0.6) is 11.9 Å². The Morgan fingerprint density at radius 3 is 2.00 bits per heavy atom. The monoisotopic (exact) mass is 619 g/mol. The zero-order valence-corrected chi connectivity index (χ0v) is 24.8. The molecule has 0 unspecified atom stereocenters. The molecular weight excluding hydrogens is 591 g/mol. The Balaban J connectivity index is 1.62. The lowest BCUT2D eigenvalue weighted by molar-refractivity contribution is -0.137. The van der Waals surface area contributed by atoms with E-state index < -0.39 is 21.8 Å². The van der Waals surface area contributed by atoms with Gasteiger partial charge in [0.25, 0.3) is 10.0 Å². The van der Waals surface area contributed by atoms with E-state index in [-0.39, 0.29) is 52.4 Å². The van der Waals surface area contributed by atoms with Crippen LogP contribution >= 0.6 is 11.8 Å². The Kier molecular flexibility index (Phi) is 9.26. The van der Waals surface area contributed by atoms with Gasteiger partial charge in [-0.2, -0.15) is 13.2 Å². The van der Waals surface area contributed by atoms with Crippen molar-refractivity contribution < 1.29 is 31.1 Å². The van der Waals surface area contributed by atoms with E-state index in [1.807, 2.05) is 27.0 Å². The van der Waals surface area contributed by atoms with Gasteiger partial charge in [0.2, 0.25) is 5.88 Å². The summed E-state index contributed by atoms with van der Waals surface area (Å²) in [4.78, 5) is 17.2. The highest BCUT2D eigenvalue weighted by atomic mass is 32.2. The molecule has 4 rings (SSSR count). The van der Waals surface area contributed by atoms with Crippen LogP contribution in [-0.4, -0.2) is 47.8 Å². The number of hydrogen-bond donors (Lipinski definition) is 1. The Morgan fingerprint density at radius 1 is 0.833 bits per heavy atom. The van der Waals surface area contributed by atoms with Crippen molar-refractivity contribution in [2.45, 2.75) is 42.2 Å². The smallest absolute Gasteiger partial charge is 0.416 e. The zero-order chi connectivity index (χ0) is 30.5. The van der Waals surface area contributed by atoms with Gasteiger partial charge in [-0.3, -0.25) is 4.72 Å². The molecule has 4 aromatic rings. The fraction of sp³-hybridized carbons (Fsp3) is 0.286. The summed E-state index contributed by atoms with van der Waals surface area (Å²) < 4.78 is 80.0. The number of halogens is 3. The highest BCUT2D eigenvalue weighted by molar-refractivity contribution is 7.98. The van der Waals surface area contributed by atoms with Gasteiger partial charge in [-0.25, -0.2) is 28.4 Å². The van der Waals surface area contributed by atoms with Gasteiger partial charge in [-0.15, -0.1) is 11.8 Å².